The van der Waals surface area contributed by atoms with Gasteiger partial charge in [0.05, 0.1) is 6.04 Å². The number of aliphatic carboxylic acids is 1. The molecule has 0 spiro atoms. The van der Waals surface area contributed by atoms with E-state index in [9.17, 15) is 9.59 Å². The van der Waals surface area contributed by atoms with E-state index in [-0.39, 0.29) is 12.2 Å². The van der Waals surface area contributed by atoms with Crippen molar-refractivity contribution in [3.63, 3.8) is 0 Å². The van der Waals surface area contributed by atoms with E-state index in [4.69, 9.17) is 5.11 Å². The van der Waals surface area contributed by atoms with Crippen LogP contribution in [-0.4, -0.2) is 33.3 Å². The third-order valence-corrected chi connectivity index (χ3v) is 4.13. The second-order valence-corrected chi connectivity index (χ2v) is 5.74. The van der Waals surface area contributed by atoms with Crippen LogP contribution in [0.25, 0.3) is 0 Å². The Labute approximate surface area is 134 Å². The Morgan fingerprint density at radius 1 is 1.17 bits per heavy atom. The Hall–Kier alpha value is -2.63. The molecule has 23 heavy (non-hydrogen) atoms. The standard InChI is InChI=1S/C17H19N3O3/c21-16(22)12-19(13-6-2-1-3-7-13)17(23)15-10-11-20(18-15)14-8-4-5-9-14/h1-3,6-7,10-11,14H,4-5,8-9,12H2,(H,21,22). The van der Waals surface area contributed by atoms with E-state index < -0.39 is 11.9 Å². The van der Waals surface area contributed by atoms with Crippen LogP contribution in [0.15, 0.2) is 42.6 Å². The van der Waals surface area contributed by atoms with E-state index >= 15 is 0 Å². The smallest absolute Gasteiger partial charge is 0.323 e. The van der Waals surface area contributed by atoms with Gasteiger partial charge in [0.2, 0.25) is 0 Å². The Morgan fingerprint density at radius 3 is 2.52 bits per heavy atom. The Morgan fingerprint density at radius 2 is 1.87 bits per heavy atom. The molecule has 1 fully saturated rings. The fourth-order valence-corrected chi connectivity index (χ4v) is 2.99. The molecule has 1 aromatic heterocycles. The molecule has 0 radical (unpaired) electrons. The van der Waals surface area contributed by atoms with Crippen LogP contribution in [0.5, 0.6) is 0 Å². The lowest BCUT2D eigenvalue weighted by Gasteiger charge is -2.19. The molecule has 6 heteroatoms. The molecule has 1 aliphatic rings. The zero-order valence-electron chi connectivity index (χ0n) is 12.8. The minimum absolute atomic E-state index is 0.280. The van der Waals surface area contributed by atoms with Crippen molar-refractivity contribution in [2.24, 2.45) is 0 Å². The summed E-state index contributed by atoms with van der Waals surface area (Å²) in [7, 11) is 0. The summed E-state index contributed by atoms with van der Waals surface area (Å²) in [6, 6.07) is 10.8. The van der Waals surface area contributed by atoms with Crippen LogP contribution in [0.2, 0.25) is 0 Å². The third-order valence-electron chi connectivity index (χ3n) is 4.13. The van der Waals surface area contributed by atoms with Crippen molar-refractivity contribution in [2.75, 3.05) is 11.4 Å². The molecule has 0 atom stereocenters. The Bertz CT molecular complexity index is 690. The van der Waals surface area contributed by atoms with Gasteiger partial charge in [-0.3, -0.25) is 19.2 Å². The molecule has 2 aromatic rings. The van der Waals surface area contributed by atoms with Gasteiger partial charge in [-0.1, -0.05) is 31.0 Å². The van der Waals surface area contributed by atoms with E-state index in [1.54, 1.807) is 30.3 Å². The highest BCUT2D eigenvalue weighted by atomic mass is 16.4. The first-order chi connectivity index (χ1) is 11.1. The molecule has 6 nitrogen and oxygen atoms in total. The number of benzene rings is 1. The number of aromatic nitrogens is 2. The van der Waals surface area contributed by atoms with Gasteiger partial charge in [0.15, 0.2) is 5.69 Å². The molecule has 1 N–H and O–H groups in total. The summed E-state index contributed by atoms with van der Waals surface area (Å²) in [5.74, 6) is -1.45. The first-order valence-corrected chi connectivity index (χ1v) is 7.79. The molecule has 1 aliphatic carbocycles. The maximum atomic E-state index is 12.7. The molecule has 1 saturated carbocycles. The minimum atomic E-state index is -1.06. The zero-order valence-corrected chi connectivity index (χ0v) is 12.8. The number of hydrogen-bond donors (Lipinski definition) is 1. The molecule has 0 saturated heterocycles. The Kier molecular flexibility index (Phi) is 4.41. The first kappa shape index (κ1) is 15.3. The second-order valence-electron chi connectivity index (χ2n) is 5.74. The van der Waals surface area contributed by atoms with Gasteiger partial charge in [-0.25, -0.2) is 0 Å². The van der Waals surface area contributed by atoms with Crippen LogP contribution < -0.4 is 4.90 Å². The maximum absolute atomic E-state index is 12.7. The van der Waals surface area contributed by atoms with Gasteiger partial charge in [0, 0.05) is 11.9 Å². The zero-order chi connectivity index (χ0) is 16.2. The van der Waals surface area contributed by atoms with E-state index in [0.717, 1.165) is 12.8 Å². The van der Waals surface area contributed by atoms with Gasteiger partial charge in [-0.15, -0.1) is 0 Å². The highest BCUT2D eigenvalue weighted by Gasteiger charge is 2.24. The molecule has 0 unspecified atom stereocenters. The van der Waals surface area contributed by atoms with Crippen molar-refractivity contribution in [1.29, 1.82) is 0 Å². The number of carboxylic acids is 1. The lowest BCUT2D eigenvalue weighted by atomic mass is 10.2. The summed E-state index contributed by atoms with van der Waals surface area (Å²) < 4.78 is 1.84. The lowest BCUT2D eigenvalue weighted by molar-refractivity contribution is -0.135. The fraction of sp³-hybridized carbons (Fsp3) is 0.353. The predicted octanol–water partition coefficient (Wildman–Crippen LogP) is 2.73. The number of hydrogen-bond acceptors (Lipinski definition) is 3. The van der Waals surface area contributed by atoms with Crippen LogP contribution in [0, 0.1) is 0 Å². The quantitative estimate of drug-likeness (QED) is 0.921. The number of carbonyl (C=O) groups excluding carboxylic acids is 1. The largest absolute Gasteiger partial charge is 0.480 e. The van der Waals surface area contributed by atoms with Crippen molar-refractivity contribution in [2.45, 2.75) is 31.7 Å². The monoisotopic (exact) mass is 313 g/mol. The molecule has 1 aromatic carbocycles. The van der Waals surface area contributed by atoms with Gasteiger partial charge in [-0.2, -0.15) is 5.10 Å². The van der Waals surface area contributed by atoms with Crippen molar-refractivity contribution >= 4 is 17.6 Å². The van der Waals surface area contributed by atoms with E-state index in [1.807, 2.05) is 16.9 Å². The first-order valence-electron chi connectivity index (χ1n) is 7.79. The van der Waals surface area contributed by atoms with Gasteiger partial charge >= 0.3 is 5.97 Å². The van der Waals surface area contributed by atoms with Crippen LogP contribution in [0.1, 0.15) is 42.2 Å². The van der Waals surface area contributed by atoms with Crippen molar-refractivity contribution in [3.05, 3.63) is 48.3 Å². The van der Waals surface area contributed by atoms with Crippen LogP contribution >= 0.6 is 0 Å². The van der Waals surface area contributed by atoms with Gasteiger partial charge in [0.1, 0.15) is 6.54 Å². The molecule has 0 bridgehead atoms. The van der Waals surface area contributed by atoms with Crippen molar-refractivity contribution in [1.82, 2.24) is 9.78 Å². The highest BCUT2D eigenvalue weighted by Crippen LogP contribution is 2.29. The molecule has 1 amide bonds. The number of para-hydroxylation sites is 1. The van der Waals surface area contributed by atoms with Gasteiger partial charge in [0.25, 0.3) is 5.91 Å². The molecule has 120 valence electrons. The summed E-state index contributed by atoms with van der Waals surface area (Å²) in [4.78, 5) is 25.0. The lowest BCUT2D eigenvalue weighted by Crippen LogP contribution is -2.36. The number of amides is 1. The van der Waals surface area contributed by atoms with E-state index in [0.29, 0.717) is 11.7 Å². The number of nitrogens with zero attached hydrogens (tertiary/aromatic N) is 3. The van der Waals surface area contributed by atoms with Gasteiger partial charge in [-0.05, 0) is 31.0 Å². The van der Waals surface area contributed by atoms with Crippen LogP contribution in [0.4, 0.5) is 5.69 Å². The summed E-state index contributed by atoms with van der Waals surface area (Å²) in [6.07, 6.45) is 6.33. The van der Waals surface area contributed by atoms with Gasteiger partial charge < -0.3 is 5.11 Å². The summed E-state index contributed by atoms with van der Waals surface area (Å²) >= 11 is 0. The Balaban J connectivity index is 1.84. The molecular formula is C17H19N3O3. The van der Waals surface area contributed by atoms with Crippen LogP contribution in [0.3, 0.4) is 0 Å². The summed E-state index contributed by atoms with van der Waals surface area (Å²) in [5, 5.41) is 13.5. The number of carboxylic acid groups (broad SMARTS) is 1. The average Bonchev–Trinajstić information content (AvgIpc) is 3.23. The SMILES string of the molecule is O=C(O)CN(C(=O)c1ccn(C2CCCC2)n1)c1ccccc1. The number of anilines is 1. The topological polar surface area (TPSA) is 75.4 Å². The number of rotatable bonds is 5. The summed E-state index contributed by atoms with van der Waals surface area (Å²) in [5.41, 5.74) is 0.831. The maximum Gasteiger partial charge on any atom is 0.323 e. The highest BCUT2D eigenvalue weighted by molar-refractivity contribution is 6.06. The fourth-order valence-electron chi connectivity index (χ4n) is 2.99. The molecule has 0 aliphatic heterocycles. The van der Waals surface area contributed by atoms with Crippen molar-refractivity contribution < 1.29 is 14.7 Å². The van der Waals surface area contributed by atoms with E-state index in [1.165, 1.54) is 17.7 Å². The average molecular weight is 313 g/mol. The molecular weight excluding hydrogens is 294 g/mol. The second kappa shape index (κ2) is 6.64. The van der Waals surface area contributed by atoms with Crippen molar-refractivity contribution in [3.8, 4) is 0 Å². The third kappa shape index (κ3) is 3.41. The molecule has 1 heterocycles. The van der Waals surface area contributed by atoms with Crippen LogP contribution in [-0.2, 0) is 4.79 Å². The normalized spacial score (nSPS) is 14.8. The minimum Gasteiger partial charge on any atom is -0.480 e. The summed E-state index contributed by atoms with van der Waals surface area (Å²) in [6.45, 7) is -0.390. The van der Waals surface area contributed by atoms with E-state index in [2.05, 4.69) is 5.10 Å². The molecule has 3 rings (SSSR count). The number of carbonyl (C=O) groups is 2. The predicted molar refractivity (Wildman–Crippen MR) is 85.5 cm³/mol.